The number of hydrogen-bond acceptors (Lipinski definition) is 7. The normalized spacial score (nSPS) is 15.0. The lowest BCUT2D eigenvalue weighted by Crippen LogP contribution is -2.44. The first-order chi connectivity index (χ1) is 18.1. The van der Waals surface area contributed by atoms with Gasteiger partial charge in [-0.25, -0.2) is 18.4 Å². The summed E-state index contributed by atoms with van der Waals surface area (Å²) < 4.78 is 27.2. The molecule has 4 aromatic rings. The van der Waals surface area contributed by atoms with Crippen molar-refractivity contribution in [2.24, 2.45) is 0 Å². The number of sulfonamides is 1. The highest BCUT2D eigenvalue weighted by atomic mass is 32.2. The summed E-state index contributed by atoms with van der Waals surface area (Å²) in [4.78, 5) is 14.1. The van der Waals surface area contributed by atoms with E-state index in [2.05, 4.69) is 56.1 Å². The molecule has 1 aliphatic heterocycles. The van der Waals surface area contributed by atoms with Crippen molar-refractivity contribution in [3.63, 3.8) is 0 Å². The summed E-state index contributed by atoms with van der Waals surface area (Å²) in [5.41, 5.74) is 5.20. The van der Waals surface area contributed by atoms with Gasteiger partial charge in [0.15, 0.2) is 0 Å². The number of aromatic nitrogens is 2. The predicted molar refractivity (Wildman–Crippen MR) is 157 cm³/mol. The number of para-hydroxylation sites is 1. The third kappa shape index (κ3) is 5.58. The SMILES string of the molecule is CN1CCN(c2ccc(Nc3ncc4cccc(-c5cccc(NS(=O)(=O)C(C)(C)C)c5)c4n3)cc2)CC1. The van der Waals surface area contributed by atoms with E-state index in [1.54, 1.807) is 33.0 Å². The van der Waals surface area contributed by atoms with Crippen LogP contribution in [0, 0.1) is 0 Å². The van der Waals surface area contributed by atoms with Gasteiger partial charge in [-0.05, 0) is 69.8 Å². The van der Waals surface area contributed by atoms with Gasteiger partial charge in [-0.3, -0.25) is 4.72 Å². The number of nitrogens with zero attached hydrogens (tertiary/aromatic N) is 4. The summed E-state index contributed by atoms with van der Waals surface area (Å²) in [6.45, 7) is 9.22. The summed E-state index contributed by atoms with van der Waals surface area (Å²) in [6, 6.07) is 21.7. The fourth-order valence-corrected chi connectivity index (χ4v) is 5.10. The Morgan fingerprint density at radius 1 is 0.868 bits per heavy atom. The molecule has 0 saturated carbocycles. The van der Waals surface area contributed by atoms with Gasteiger partial charge in [-0.15, -0.1) is 0 Å². The van der Waals surface area contributed by atoms with Crippen molar-refractivity contribution in [2.45, 2.75) is 25.5 Å². The van der Waals surface area contributed by atoms with Gasteiger partial charge in [-0.1, -0.05) is 30.3 Å². The van der Waals surface area contributed by atoms with Gasteiger partial charge in [0, 0.05) is 60.4 Å². The molecule has 198 valence electrons. The highest BCUT2D eigenvalue weighted by Crippen LogP contribution is 2.31. The van der Waals surface area contributed by atoms with Gasteiger partial charge in [0.05, 0.1) is 10.3 Å². The molecule has 1 fully saturated rings. The van der Waals surface area contributed by atoms with Crippen molar-refractivity contribution in [2.75, 3.05) is 48.2 Å². The molecular weight excluding hydrogens is 496 g/mol. The van der Waals surface area contributed by atoms with Crippen molar-refractivity contribution in [1.29, 1.82) is 0 Å². The van der Waals surface area contributed by atoms with E-state index in [4.69, 9.17) is 4.98 Å². The molecule has 0 radical (unpaired) electrons. The number of piperazine rings is 1. The highest BCUT2D eigenvalue weighted by Gasteiger charge is 2.29. The summed E-state index contributed by atoms with van der Waals surface area (Å²) >= 11 is 0. The predicted octanol–water partition coefficient (Wildman–Crippen LogP) is 5.33. The minimum Gasteiger partial charge on any atom is -0.369 e. The Hall–Kier alpha value is -3.69. The molecule has 0 unspecified atom stereocenters. The average Bonchev–Trinajstić information content (AvgIpc) is 2.88. The first-order valence-electron chi connectivity index (χ1n) is 12.8. The molecule has 2 N–H and O–H groups in total. The number of rotatable bonds is 6. The highest BCUT2D eigenvalue weighted by molar-refractivity contribution is 7.94. The molecule has 38 heavy (non-hydrogen) atoms. The molecule has 1 aromatic heterocycles. The van der Waals surface area contributed by atoms with E-state index in [-0.39, 0.29) is 0 Å². The Bertz CT molecular complexity index is 1540. The van der Waals surface area contributed by atoms with Gasteiger partial charge in [0.2, 0.25) is 16.0 Å². The van der Waals surface area contributed by atoms with Crippen molar-refractivity contribution in [3.8, 4) is 11.1 Å². The lowest BCUT2D eigenvalue weighted by atomic mass is 10.0. The van der Waals surface area contributed by atoms with E-state index in [9.17, 15) is 8.42 Å². The molecule has 3 aromatic carbocycles. The zero-order valence-electron chi connectivity index (χ0n) is 22.3. The fourth-order valence-electron chi connectivity index (χ4n) is 4.36. The van der Waals surface area contributed by atoms with Gasteiger partial charge in [-0.2, -0.15) is 0 Å². The van der Waals surface area contributed by atoms with Crippen LogP contribution < -0.4 is 14.9 Å². The average molecular weight is 531 g/mol. The van der Waals surface area contributed by atoms with Crippen molar-refractivity contribution in [1.82, 2.24) is 14.9 Å². The standard InChI is InChI=1S/C29H34N6O2S/c1-29(2,3)38(36,37)33-24-9-5-7-21(19-24)26-10-6-8-22-20-30-28(32-27(22)26)31-23-11-13-25(14-12-23)35-17-15-34(4)16-18-35/h5-14,19-20,33H,15-18H2,1-4H3,(H,30,31,32). The zero-order valence-corrected chi connectivity index (χ0v) is 23.1. The maximum atomic E-state index is 12.7. The molecule has 1 aliphatic rings. The van der Waals surface area contributed by atoms with E-state index >= 15 is 0 Å². The van der Waals surface area contributed by atoms with Crippen LogP contribution in [0.4, 0.5) is 23.0 Å². The van der Waals surface area contributed by atoms with Crippen LogP contribution in [0.15, 0.2) is 72.9 Å². The van der Waals surface area contributed by atoms with Crippen LogP contribution >= 0.6 is 0 Å². The van der Waals surface area contributed by atoms with Crippen molar-refractivity contribution < 1.29 is 8.42 Å². The topological polar surface area (TPSA) is 90.5 Å². The number of likely N-dealkylation sites (N-methyl/N-ethyl adjacent to an activating group) is 1. The van der Waals surface area contributed by atoms with Crippen LogP contribution in [0.1, 0.15) is 20.8 Å². The lowest BCUT2D eigenvalue weighted by molar-refractivity contribution is 0.313. The van der Waals surface area contributed by atoms with E-state index in [0.717, 1.165) is 53.9 Å². The van der Waals surface area contributed by atoms with Crippen LogP contribution in [0.5, 0.6) is 0 Å². The Kier molecular flexibility index (Phi) is 6.98. The van der Waals surface area contributed by atoms with Crippen LogP contribution in [0.3, 0.4) is 0 Å². The fraction of sp³-hybridized carbons (Fsp3) is 0.310. The second kappa shape index (κ2) is 10.2. The van der Waals surface area contributed by atoms with Crippen LogP contribution in [0.2, 0.25) is 0 Å². The molecule has 0 amide bonds. The zero-order chi connectivity index (χ0) is 26.9. The van der Waals surface area contributed by atoms with E-state index in [0.29, 0.717) is 11.6 Å². The van der Waals surface area contributed by atoms with Gasteiger partial charge >= 0.3 is 0 Å². The first kappa shape index (κ1) is 25.9. The molecule has 2 heterocycles. The second-order valence-corrected chi connectivity index (χ2v) is 13.1. The molecule has 9 heteroatoms. The summed E-state index contributed by atoms with van der Waals surface area (Å²) in [6.07, 6.45) is 1.80. The number of nitrogens with one attached hydrogen (secondary N) is 2. The van der Waals surface area contributed by atoms with E-state index in [1.165, 1.54) is 5.69 Å². The third-order valence-electron chi connectivity index (χ3n) is 6.83. The smallest absolute Gasteiger partial charge is 0.237 e. The quantitative estimate of drug-likeness (QED) is 0.348. The molecule has 1 saturated heterocycles. The minimum absolute atomic E-state index is 0.502. The summed E-state index contributed by atoms with van der Waals surface area (Å²) in [5.74, 6) is 0.502. The van der Waals surface area contributed by atoms with Gasteiger partial charge < -0.3 is 15.1 Å². The largest absolute Gasteiger partial charge is 0.369 e. The second-order valence-electron chi connectivity index (χ2n) is 10.7. The molecule has 5 rings (SSSR count). The Morgan fingerprint density at radius 2 is 1.58 bits per heavy atom. The first-order valence-corrected chi connectivity index (χ1v) is 14.3. The molecule has 0 atom stereocenters. The van der Waals surface area contributed by atoms with Crippen LogP contribution in [-0.2, 0) is 10.0 Å². The monoisotopic (exact) mass is 530 g/mol. The third-order valence-corrected chi connectivity index (χ3v) is 8.95. The number of benzene rings is 3. The van der Waals surface area contributed by atoms with E-state index in [1.807, 2.05) is 36.4 Å². The molecular formula is C29H34N6O2S. The maximum absolute atomic E-state index is 12.7. The summed E-state index contributed by atoms with van der Waals surface area (Å²) in [5, 5.41) is 4.23. The lowest BCUT2D eigenvalue weighted by Gasteiger charge is -2.34. The Labute approximate surface area is 224 Å². The van der Waals surface area contributed by atoms with Gasteiger partial charge in [0.1, 0.15) is 0 Å². The Morgan fingerprint density at radius 3 is 2.29 bits per heavy atom. The van der Waals surface area contributed by atoms with Crippen molar-refractivity contribution in [3.05, 3.63) is 72.9 Å². The molecule has 0 aliphatic carbocycles. The molecule has 0 spiro atoms. The maximum Gasteiger partial charge on any atom is 0.237 e. The van der Waals surface area contributed by atoms with Crippen LogP contribution in [0.25, 0.3) is 22.0 Å². The van der Waals surface area contributed by atoms with Crippen LogP contribution in [-0.4, -0.2) is 61.3 Å². The minimum atomic E-state index is -3.54. The molecule has 8 nitrogen and oxygen atoms in total. The van der Waals surface area contributed by atoms with E-state index < -0.39 is 14.8 Å². The van der Waals surface area contributed by atoms with Crippen molar-refractivity contribution >= 4 is 43.9 Å². The number of fused-ring (bicyclic) bond motifs is 1. The number of hydrogen-bond donors (Lipinski definition) is 2. The molecule has 0 bridgehead atoms. The number of anilines is 4. The Balaban J connectivity index is 1.40. The summed E-state index contributed by atoms with van der Waals surface area (Å²) in [7, 11) is -1.38. The van der Waals surface area contributed by atoms with Gasteiger partial charge in [0.25, 0.3) is 0 Å².